The molecule has 3 heterocycles. The molecule has 0 radical (unpaired) electrons. The first kappa shape index (κ1) is 23.7. The number of aliphatic hydroxyl groups excluding tert-OH is 1. The zero-order valence-electron chi connectivity index (χ0n) is 19.7. The van der Waals surface area contributed by atoms with Crippen molar-refractivity contribution < 1.29 is 19.4 Å². The Labute approximate surface area is 203 Å². The zero-order valence-corrected chi connectivity index (χ0v) is 20.6. The lowest BCUT2D eigenvalue weighted by Gasteiger charge is -2.25. The van der Waals surface area contributed by atoms with E-state index in [0.29, 0.717) is 12.2 Å². The zero-order chi connectivity index (χ0) is 24.5. The summed E-state index contributed by atoms with van der Waals surface area (Å²) in [5.41, 5.74) is 2.05. The molecule has 6 nitrogen and oxygen atoms in total. The van der Waals surface area contributed by atoms with Crippen molar-refractivity contribution in [3.05, 3.63) is 87.4 Å². The molecule has 1 amide bonds. The molecule has 3 aromatic rings. The monoisotopic (exact) mass is 476 g/mol. The van der Waals surface area contributed by atoms with Crippen molar-refractivity contribution in [2.24, 2.45) is 0 Å². The molecule has 1 fully saturated rings. The van der Waals surface area contributed by atoms with Gasteiger partial charge in [-0.15, -0.1) is 11.3 Å². The first-order valence-corrected chi connectivity index (χ1v) is 12.1. The van der Waals surface area contributed by atoms with Crippen LogP contribution in [-0.2, 0) is 21.5 Å². The highest BCUT2D eigenvalue weighted by Gasteiger charge is 2.46. The molecule has 34 heavy (non-hydrogen) atoms. The fourth-order valence-electron chi connectivity index (χ4n) is 4.17. The van der Waals surface area contributed by atoms with Gasteiger partial charge in [-0.3, -0.25) is 14.6 Å². The van der Waals surface area contributed by atoms with Gasteiger partial charge in [0.05, 0.1) is 18.2 Å². The van der Waals surface area contributed by atoms with Crippen LogP contribution in [0.1, 0.15) is 55.3 Å². The molecule has 1 saturated heterocycles. The van der Waals surface area contributed by atoms with Gasteiger partial charge in [0, 0.05) is 34.9 Å². The number of ether oxygens (including phenoxy) is 1. The number of aliphatic hydroxyl groups is 1. The molecule has 4 rings (SSSR count). The van der Waals surface area contributed by atoms with E-state index in [9.17, 15) is 14.7 Å². The second-order valence-electron chi connectivity index (χ2n) is 9.20. The number of hydrogen-bond donors (Lipinski definition) is 1. The molecule has 1 unspecified atom stereocenters. The van der Waals surface area contributed by atoms with E-state index in [1.165, 1.54) is 16.2 Å². The van der Waals surface area contributed by atoms with Gasteiger partial charge in [-0.05, 0) is 53.6 Å². The van der Waals surface area contributed by atoms with Crippen molar-refractivity contribution in [3.63, 3.8) is 0 Å². The van der Waals surface area contributed by atoms with Crippen molar-refractivity contribution in [2.45, 2.75) is 45.7 Å². The van der Waals surface area contributed by atoms with Crippen LogP contribution in [0.15, 0.2) is 65.8 Å². The maximum absolute atomic E-state index is 13.2. The minimum absolute atomic E-state index is 0.0976. The van der Waals surface area contributed by atoms with E-state index < -0.39 is 17.7 Å². The van der Waals surface area contributed by atoms with Gasteiger partial charge in [0.25, 0.3) is 11.7 Å². The number of Topliss-reactive ketones (excluding diaryl/α,β-unsaturated/α-hetero) is 1. The van der Waals surface area contributed by atoms with Crippen LogP contribution >= 0.6 is 11.3 Å². The maximum Gasteiger partial charge on any atom is 0.295 e. The van der Waals surface area contributed by atoms with Crippen molar-refractivity contribution in [2.75, 3.05) is 6.61 Å². The van der Waals surface area contributed by atoms with E-state index in [1.807, 2.05) is 42.6 Å². The van der Waals surface area contributed by atoms with Gasteiger partial charge >= 0.3 is 0 Å². The highest BCUT2D eigenvalue weighted by molar-refractivity contribution is 7.10. The van der Waals surface area contributed by atoms with Crippen molar-refractivity contribution >= 4 is 28.8 Å². The second-order valence-corrected chi connectivity index (χ2v) is 10.2. The number of rotatable bonds is 6. The predicted molar refractivity (Wildman–Crippen MR) is 133 cm³/mol. The quantitative estimate of drug-likeness (QED) is 0.290. The predicted octanol–water partition coefficient (Wildman–Crippen LogP) is 5.46. The molecule has 2 aromatic heterocycles. The normalized spacial score (nSPS) is 17.9. The number of thiophene rings is 1. The molecule has 0 bridgehead atoms. The van der Waals surface area contributed by atoms with Crippen LogP contribution in [0.4, 0.5) is 0 Å². The number of pyridine rings is 1. The van der Waals surface area contributed by atoms with Crippen LogP contribution in [0, 0.1) is 0 Å². The summed E-state index contributed by atoms with van der Waals surface area (Å²) in [7, 11) is 0. The molecule has 176 valence electrons. The number of nitrogens with zero attached hydrogens (tertiary/aromatic N) is 2. The summed E-state index contributed by atoms with van der Waals surface area (Å²) < 4.78 is 5.79. The fraction of sp³-hybridized carbons (Fsp3) is 0.296. The van der Waals surface area contributed by atoms with Crippen LogP contribution in [0.5, 0.6) is 5.75 Å². The third kappa shape index (κ3) is 4.48. The average molecular weight is 477 g/mol. The number of amides is 1. The lowest BCUT2D eigenvalue weighted by molar-refractivity contribution is -0.140. The standard InChI is InChI=1S/C27H28N2O4S/c1-5-33-20-11-10-18(14-19(20)27(2,3)4)24(30)22-23(21-9-7-13-34-21)29(26(32)25(22)31)16-17-8-6-12-28-15-17/h6-15,23,30H,5,16H2,1-4H3/b24-22-. The summed E-state index contributed by atoms with van der Waals surface area (Å²) in [6.07, 6.45) is 3.33. The van der Waals surface area contributed by atoms with E-state index in [1.54, 1.807) is 24.5 Å². The molecule has 1 N–H and O–H groups in total. The number of carbonyl (C=O) groups is 2. The Balaban J connectivity index is 1.85. The maximum atomic E-state index is 13.2. The smallest absolute Gasteiger partial charge is 0.295 e. The number of benzene rings is 1. The van der Waals surface area contributed by atoms with E-state index >= 15 is 0 Å². The van der Waals surface area contributed by atoms with Gasteiger partial charge in [-0.2, -0.15) is 0 Å². The number of ketones is 1. The van der Waals surface area contributed by atoms with E-state index in [0.717, 1.165) is 21.8 Å². The Morgan fingerprint density at radius 2 is 1.97 bits per heavy atom. The molecule has 1 atom stereocenters. The Hall–Kier alpha value is -3.45. The van der Waals surface area contributed by atoms with Gasteiger partial charge < -0.3 is 14.7 Å². The van der Waals surface area contributed by atoms with Crippen molar-refractivity contribution in [1.82, 2.24) is 9.88 Å². The highest BCUT2D eigenvalue weighted by Crippen LogP contribution is 2.43. The Kier molecular flexibility index (Phi) is 6.57. The highest BCUT2D eigenvalue weighted by atomic mass is 32.1. The minimum atomic E-state index is -0.689. The lowest BCUT2D eigenvalue weighted by Crippen LogP contribution is -2.28. The molecule has 0 aliphatic carbocycles. The van der Waals surface area contributed by atoms with Crippen molar-refractivity contribution in [1.29, 1.82) is 0 Å². The van der Waals surface area contributed by atoms with Gasteiger partial charge in [0.15, 0.2) is 0 Å². The number of carbonyl (C=O) groups excluding carboxylic acids is 2. The average Bonchev–Trinajstić information content (AvgIpc) is 3.42. The minimum Gasteiger partial charge on any atom is -0.507 e. The van der Waals surface area contributed by atoms with Crippen LogP contribution < -0.4 is 4.74 Å². The Bertz CT molecular complexity index is 1230. The summed E-state index contributed by atoms with van der Waals surface area (Å²) >= 11 is 1.44. The van der Waals surface area contributed by atoms with Gasteiger partial charge in [0.2, 0.25) is 0 Å². The molecule has 1 aromatic carbocycles. The molecule has 0 spiro atoms. The number of hydrogen-bond acceptors (Lipinski definition) is 6. The van der Waals surface area contributed by atoms with Crippen LogP contribution in [-0.4, -0.2) is 33.3 Å². The van der Waals surface area contributed by atoms with Crippen molar-refractivity contribution in [3.8, 4) is 5.75 Å². The molecule has 1 aliphatic rings. The first-order valence-electron chi connectivity index (χ1n) is 11.2. The molecule has 7 heteroatoms. The SMILES string of the molecule is CCOc1ccc(/C(O)=C2/C(=O)C(=O)N(Cc3cccnc3)C2c2cccs2)cc1C(C)(C)C. The van der Waals surface area contributed by atoms with E-state index in [-0.39, 0.29) is 23.3 Å². The number of likely N-dealkylation sites (tertiary alicyclic amines) is 1. The van der Waals surface area contributed by atoms with Crippen LogP contribution in [0.2, 0.25) is 0 Å². The van der Waals surface area contributed by atoms with Crippen LogP contribution in [0.3, 0.4) is 0 Å². The summed E-state index contributed by atoms with van der Waals surface area (Å²) in [4.78, 5) is 32.8. The summed E-state index contributed by atoms with van der Waals surface area (Å²) in [6.45, 7) is 8.85. The largest absolute Gasteiger partial charge is 0.507 e. The van der Waals surface area contributed by atoms with Gasteiger partial charge in [-0.1, -0.05) is 32.9 Å². The third-order valence-corrected chi connectivity index (χ3v) is 6.71. The molecule has 0 saturated carbocycles. The summed E-state index contributed by atoms with van der Waals surface area (Å²) in [5.74, 6) is -0.769. The summed E-state index contributed by atoms with van der Waals surface area (Å²) in [6, 6.07) is 12.1. The lowest BCUT2D eigenvalue weighted by atomic mass is 9.84. The second kappa shape index (κ2) is 9.43. The molecular weight excluding hydrogens is 448 g/mol. The Morgan fingerprint density at radius 1 is 1.18 bits per heavy atom. The molecule has 1 aliphatic heterocycles. The first-order chi connectivity index (χ1) is 16.2. The third-order valence-electron chi connectivity index (χ3n) is 5.79. The molecular formula is C27H28N2O4S. The number of aromatic nitrogens is 1. The Morgan fingerprint density at radius 3 is 2.59 bits per heavy atom. The van der Waals surface area contributed by atoms with Crippen LogP contribution in [0.25, 0.3) is 5.76 Å². The summed E-state index contributed by atoms with van der Waals surface area (Å²) in [5, 5.41) is 13.3. The van der Waals surface area contributed by atoms with E-state index in [2.05, 4.69) is 25.8 Å². The fourth-order valence-corrected chi connectivity index (χ4v) is 5.02. The van der Waals surface area contributed by atoms with Gasteiger partial charge in [0.1, 0.15) is 11.5 Å². The van der Waals surface area contributed by atoms with E-state index in [4.69, 9.17) is 4.74 Å². The van der Waals surface area contributed by atoms with Gasteiger partial charge in [-0.25, -0.2) is 0 Å². The topological polar surface area (TPSA) is 79.7 Å².